The van der Waals surface area contributed by atoms with Crippen LogP contribution >= 0.6 is 0 Å². The van der Waals surface area contributed by atoms with Crippen molar-refractivity contribution < 1.29 is 19.4 Å². The number of ether oxygens (including phenoxy) is 1. The number of carbonyl (C=O) groups is 2. The maximum absolute atomic E-state index is 11.5. The summed E-state index contributed by atoms with van der Waals surface area (Å²) in [6.45, 7) is 5.49. The zero-order valence-corrected chi connectivity index (χ0v) is 11.8. The molecule has 1 amide bonds. The molecule has 0 radical (unpaired) electrons. The van der Waals surface area contributed by atoms with Crippen molar-refractivity contribution >= 4 is 11.9 Å². The van der Waals surface area contributed by atoms with E-state index < -0.39 is 5.97 Å². The van der Waals surface area contributed by atoms with Crippen LogP contribution < -0.4 is 5.32 Å². The molecule has 0 aromatic carbocycles. The molecule has 7 heteroatoms. The number of carboxylic acids is 1. The Kier molecular flexibility index (Phi) is 6.72. The maximum Gasteiger partial charge on any atom is 0.338 e. The standard InChI is InChI=1S/C13H21N3O4/c1-10(2)20-7-3-5-14-12(17)4-6-16-9-11(8-15-16)13(18)19/h8-10H,3-7H2,1-2H3,(H,14,17)(H,18,19). The number of aromatic nitrogens is 2. The molecule has 0 saturated heterocycles. The number of aryl methyl sites for hydroxylation is 1. The number of hydrogen-bond donors (Lipinski definition) is 2. The first kappa shape index (κ1) is 16.2. The van der Waals surface area contributed by atoms with Crippen LogP contribution in [0.1, 0.15) is 37.0 Å². The maximum atomic E-state index is 11.5. The van der Waals surface area contributed by atoms with Crippen molar-refractivity contribution in [3.8, 4) is 0 Å². The van der Waals surface area contributed by atoms with Crippen LogP contribution in [0.2, 0.25) is 0 Å². The summed E-state index contributed by atoms with van der Waals surface area (Å²) in [5.74, 6) is -1.10. The van der Waals surface area contributed by atoms with E-state index in [4.69, 9.17) is 9.84 Å². The van der Waals surface area contributed by atoms with E-state index in [-0.39, 0.29) is 24.0 Å². The molecule has 1 aromatic rings. The van der Waals surface area contributed by atoms with Crippen LogP contribution in [0.3, 0.4) is 0 Å². The van der Waals surface area contributed by atoms with E-state index in [1.54, 1.807) is 0 Å². The van der Waals surface area contributed by atoms with Gasteiger partial charge in [0.1, 0.15) is 0 Å². The first-order chi connectivity index (χ1) is 9.49. The van der Waals surface area contributed by atoms with E-state index in [2.05, 4.69) is 10.4 Å². The van der Waals surface area contributed by atoms with Gasteiger partial charge in [-0.05, 0) is 20.3 Å². The minimum Gasteiger partial charge on any atom is -0.478 e. The number of rotatable bonds is 9. The molecule has 0 spiro atoms. The van der Waals surface area contributed by atoms with Crippen molar-refractivity contribution in [2.45, 2.75) is 39.3 Å². The molecular weight excluding hydrogens is 262 g/mol. The molecule has 1 heterocycles. The zero-order chi connectivity index (χ0) is 15.0. The molecule has 7 nitrogen and oxygen atoms in total. The van der Waals surface area contributed by atoms with Gasteiger partial charge in [-0.3, -0.25) is 9.48 Å². The van der Waals surface area contributed by atoms with Crippen LogP contribution in [0.5, 0.6) is 0 Å². The number of carbonyl (C=O) groups excluding carboxylic acids is 1. The molecule has 2 N–H and O–H groups in total. The Morgan fingerprint density at radius 3 is 2.85 bits per heavy atom. The number of aromatic carboxylic acids is 1. The predicted octanol–water partition coefficient (Wildman–Crippen LogP) is 0.903. The fraction of sp³-hybridized carbons (Fsp3) is 0.615. The highest BCUT2D eigenvalue weighted by atomic mass is 16.5. The average molecular weight is 283 g/mol. The third-order valence-corrected chi connectivity index (χ3v) is 2.54. The van der Waals surface area contributed by atoms with E-state index in [1.165, 1.54) is 17.1 Å². The average Bonchev–Trinajstić information content (AvgIpc) is 2.84. The van der Waals surface area contributed by atoms with Gasteiger partial charge in [-0.15, -0.1) is 0 Å². The van der Waals surface area contributed by atoms with E-state index in [0.717, 1.165) is 6.42 Å². The fourth-order valence-corrected chi connectivity index (χ4v) is 1.52. The molecule has 1 aromatic heterocycles. The van der Waals surface area contributed by atoms with Crippen LogP contribution in [0.25, 0.3) is 0 Å². The molecule has 0 aliphatic carbocycles. The van der Waals surface area contributed by atoms with Gasteiger partial charge in [0.2, 0.25) is 5.91 Å². The van der Waals surface area contributed by atoms with Crippen molar-refractivity contribution in [3.63, 3.8) is 0 Å². The highest BCUT2D eigenvalue weighted by Crippen LogP contribution is 1.98. The number of nitrogens with zero attached hydrogens (tertiary/aromatic N) is 2. The van der Waals surface area contributed by atoms with Crippen LogP contribution in [0.15, 0.2) is 12.4 Å². The smallest absolute Gasteiger partial charge is 0.338 e. The predicted molar refractivity (Wildman–Crippen MR) is 72.5 cm³/mol. The molecule has 0 aliphatic heterocycles. The monoisotopic (exact) mass is 283 g/mol. The minimum absolute atomic E-state index is 0.0816. The second kappa shape index (κ2) is 8.31. The topological polar surface area (TPSA) is 93.5 Å². The lowest BCUT2D eigenvalue weighted by Crippen LogP contribution is -2.26. The summed E-state index contributed by atoms with van der Waals surface area (Å²) < 4.78 is 6.81. The van der Waals surface area contributed by atoms with Crippen LogP contribution in [-0.4, -0.2) is 46.0 Å². The summed E-state index contributed by atoms with van der Waals surface area (Å²) in [6.07, 6.45) is 3.92. The molecule has 112 valence electrons. The van der Waals surface area contributed by atoms with Crippen molar-refractivity contribution in [2.75, 3.05) is 13.2 Å². The zero-order valence-electron chi connectivity index (χ0n) is 11.8. The van der Waals surface area contributed by atoms with Crippen molar-refractivity contribution in [1.82, 2.24) is 15.1 Å². The quantitative estimate of drug-likeness (QED) is 0.657. The molecule has 0 saturated carbocycles. The van der Waals surface area contributed by atoms with Gasteiger partial charge in [-0.25, -0.2) is 4.79 Å². The second-order valence-electron chi connectivity index (χ2n) is 4.67. The van der Waals surface area contributed by atoms with Crippen LogP contribution in [0.4, 0.5) is 0 Å². The molecule has 0 atom stereocenters. The molecular formula is C13H21N3O4. The highest BCUT2D eigenvalue weighted by Gasteiger charge is 2.07. The molecule has 1 rings (SSSR count). The molecule has 0 aliphatic rings. The van der Waals surface area contributed by atoms with E-state index in [9.17, 15) is 9.59 Å². The SMILES string of the molecule is CC(C)OCCCNC(=O)CCn1cc(C(=O)O)cn1. The number of nitrogens with one attached hydrogen (secondary N) is 1. The first-order valence-corrected chi connectivity index (χ1v) is 6.63. The minimum atomic E-state index is -1.02. The summed E-state index contributed by atoms with van der Waals surface area (Å²) in [5, 5.41) is 15.4. The molecule has 20 heavy (non-hydrogen) atoms. The fourth-order valence-electron chi connectivity index (χ4n) is 1.52. The van der Waals surface area contributed by atoms with Gasteiger partial charge in [0, 0.05) is 32.3 Å². The van der Waals surface area contributed by atoms with Crippen molar-refractivity contribution in [2.24, 2.45) is 0 Å². The van der Waals surface area contributed by atoms with Gasteiger partial charge < -0.3 is 15.2 Å². The first-order valence-electron chi connectivity index (χ1n) is 6.63. The Balaban J connectivity index is 2.14. The second-order valence-corrected chi connectivity index (χ2v) is 4.67. The molecule has 0 bridgehead atoms. The van der Waals surface area contributed by atoms with E-state index >= 15 is 0 Å². The summed E-state index contributed by atoms with van der Waals surface area (Å²) in [5.41, 5.74) is 0.122. The lowest BCUT2D eigenvalue weighted by molar-refractivity contribution is -0.121. The lowest BCUT2D eigenvalue weighted by atomic mass is 10.3. The summed E-state index contributed by atoms with van der Waals surface area (Å²) in [4.78, 5) is 22.2. The van der Waals surface area contributed by atoms with Gasteiger partial charge in [0.25, 0.3) is 0 Å². The Hall–Kier alpha value is -1.89. The van der Waals surface area contributed by atoms with Gasteiger partial charge >= 0.3 is 5.97 Å². The summed E-state index contributed by atoms with van der Waals surface area (Å²) >= 11 is 0. The number of hydrogen-bond acceptors (Lipinski definition) is 4. The van der Waals surface area contributed by atoms with Crippen molar-refractivity contribution in [1.29, 1.82) is 0 Å². The van der Waals surface area contributed by atoms with Gasteiger partial charge in [0.05, 0.1) is 17.9 Å². The van der Waals surface area contributed by atoms with Crippen LogP contribution in [0, 0.1) is 0 Å². The normalized spacial score (nSPS) is 10.8. The van der Waals surface area contributed by atoms with Crippen molar-refractivity contribution in [3.05, 3.63) is 18.0 Å². The Bertz CT molecular complexity index is 443. The summed E-state index contributed by atoms with van der Waals surface area (Å²) in [7, 11) is 0. The highest BCUT2D eigenvalue weighted by molar-refractivity contribution is 5.86. The Morgan fingerprint density at radius 1 is 1.50 bits per heavy atom. The van der Waals surface area contributed by atoms with E-state index in [1.807, 2.05) is 13.8 Å². The third kappa shape index (κ3) is 6.33. The van der Waals surface area contributed by atoms with Gasteiger partial charge in [-0.2, -0.15) is 5.10 Å². The van der Waals surface area contributed by atoms with E-state index in [0.29, 0.717) is 19.7 Å². The Morgan fingerprint density at radius 2 is 2.25 bits per heavy atom. The van der Waals surface area contributed by atoms with Gasteiger partial charge in [-0.1, -0.05) is 0 Å². The molecule has 0 fully saturated rings. The Labute approximate surface area is 117 Å². The summed E-state index contributed by atoms with van der Waals surface area (Å²) in [6, 6.07) is 0. The largest absolute Gasteiger partial charge is 0.478 e. The number of amides is 1. The van der Waals surface area contributed by atoms with Gasteiger partial charge in [0.15, 0.2) is 0 Å². The third-order valence-electron chi connectivity index (χ3n) is 2.54. The number of carboxylic acid groups (broad SMARTS) is 1. The van der Waals surface area contributed by atoms with Crippen LogP contribution in [-0.2, 0) is 16.1 Å². The lowest BCUT2D eigenvalue weighted by Gasteiger charge is -2.08. The molecule has 0 unspecified atom stereocenters.